The van der Waals surface area contributed by atoms with Crippen LogP contribution in [0.25, 0.3) is 0 Å². The number of anilines is 3. The Labute approximate surface area is 233 Å². The maximum Gasteiger partial charge on any atom is 0.257 e. The van der Waals surface area contributed by atoms with Crippen LogP contribution in [0, 0.1) is 0 Å². The standard InChI is InChI=1S/C34H28N2O4/c37-34-28-17-10-18-30(39-22-25-13-6-2-7-14-25)32(28)36-33-29(35-34)19-27(38-21-24-11-4-1-5-12-24)20-31(33)40-23-26-15-8-3-9-16-26/h1-20,36H,21-23H2,(H,35,37). The normalized spacial score (nSPS) is 11.8. The molecule has 2 N–H and O–H groups in total. The highest BCUT2D eigenvalue weighted by Crippen LogP contribution is 2.45. The molecule has 0 saturated heterocycles. The van der Waals surface area contributed by atoms with Gasteiger partial charge >= 0.3 is 0 Å². The van der Waals surface area contributed by atoms with Gasteiger partial charge in [0.2, 0.25) is 0 Å². The van der Waals surface area contributed by atoms with Crippen molar-refractivity contribution >= 4 is 23.0 Å². The van der Waals surface area contributed by atoms with Crippen molar-refractivity contribution in [1.82, 2.24) is 0 Å². The molecule has 40 heavy (non-hydrogen) atoms. The minimum absolute atomic E-state index is 0.249. The van der Waals surface area contributed by atoms with Crippen LogP contribution in [0.1, 0.15) is 27.0 Å². The van der Waals surface area contributed by atoms with Gasteiger partial charge in [-0.2, -0.15) is 0 Å². The number of amides is 1. The zero-order chi connectivity index (χ0) is 27.1. The number of rotatable bonds is 9. The zero-order valence-electron chi connectivity index (χ0n) is 21.8. The average Bonchev–Trinajstić information content (AvgIpc) is 3.15. The van der Waals surface area contributed by atoms with Crippen molar-refractivity contribution in [3.63, 3.8) is 0 Å². The summed E-state index contributed by atoms with van der Waals surface area (Å²) in [6, 6.07) is 38.9. The molecule has 5 aromatic rings. The second-order valence-corrected chi connectivity index (χ2v) is 9.42. The predicted molar refractivity (Wildman–Crippen MR) is 156 cm³/mol. The number of carbonyl (C=O) groups excluding carboxylic acids is 1. The minimum Gasteiger partial charge on any atom is -0.489 e. The molecule has 0 aromatic heterocycles. The van der Waals surface area contributed by atoms with Gasteiger partial charge in [0.05, 0.1) is 16.9 Å². The van der Waals surface area contributed by atoms with E-state index in [9.17, 15) is 4.79 Å². The number of carbonyl (C=O) groups is 1. The van der Waals surface area contributed by atoms with Crippen molar-refractivity contribution in [3.05, 3.63) is 144 Å². The fourth-order valence-electron chi connectivity index (χ4n) is 4.51. The Hall–Kier alpha value is -5.23. The van der Waals surface area contributed by atoms with E-state index >= 15 is 0 Å². The summed E-state index contributed by atoms with van der Waals surface area (Å²) in [4.78, 5) is 13.4. The Bertz CT molecular complexity index is 1610. The van der Waals surface area contributed by atoms with Gasteiger partial charge in [0, 0.05) is 12.1 Å². The van der Waals surface area contributed by atoms with Crippen LogP contribution in [0.15, 0.2) is 121 Å². The maximum absolute atomic E-state index is 13.4. The van der Waals surface area contributed by atoms with E-state index in [0.29, 0.717) is 59.7 Å². The van der Waals surface area contributed by atoms with Crippen molar-refractivity contribution in [2.75, 3.05) is 10.6 Å². The van der Waals surface area contributed by atoms with Crippen LogP contribution in [0.4, 0.5) is 17.1 Å². The molecule has 0 spiro atoms. The molecule has 0 unspecified atom stereocenters. The molecular weight excluding hydrogens is 500 g/mol. The van der Waals surface area contributed by atoms with Crippen molar-refractivity contribution in [1.29, 1.82) is 0 Å². The van der Waals surface area contributed by atoms with Gasteiger partial charge in [-0.3, -0.25) is 4.79 Å². The molecule has 1 aliphatic rings. The van der Waals surface area contributed by atoms with Gasteiger partial charge in [0.15, 0.2) is 0 Å². The molecule has 1 amide bonds. The number of ether oxygens (including phenoxy) is 3. The molecule has 1 aliphatic heterocycles. The lowest BCUT2D eigenvalue weighted by atomic mass is 10.1. The summed E-state index contributed by atoms with van der Waals surface area (Å²) in [7, 11) is 0. The van der Waals surface area contributed by atoms with Gasteiger partial charge in [-0.15, -0.1) is 0 Å². The highest BCUT2D eigenvalue weighted by Gasteiger charge is 2.25. The largest absolute Gasteiger partial charge is 0.489 e. The van der Waals surface area contributed by atoms with Crippen LogP contribution in [-0.4, -0.2) is 5.91 Å². The van der Waals surface area contributed by atoms with E-state index in [4.69, 9.17) is 14.2 Å². The highest BCUT2D eigenvalue weighted by atomic mass is 16.5. The average molecular weight is 529 g/mol. The third-order valence-electron chi connectivity index (χ3n) is 6.57. The first-order chi connectivity index (χ1) is 19.7. The summed E-state index contributed by atoms with van der Waals surface area (Å²) in [5.74, 6) is 1.46. The van der Waals surface area contributed by atoms with Gasteiger partial charge in [0.25, 0.3) is 5.91 Å². The Morgan fingerprint density at radius 3 is 1.65 bits per heavy atom. The summed E-state index contributed by atoms with van der Waals surface area (Å²) in [6.07, 6.45) is 0. The number of hydrogen-bond acceptors (Lipinski definition) is 5. The van der Waals surface area contributed by atoms with Crippen molar-refractivity contribution in [3.8, 4) is 17.2 Å². The second-order valence-electron chi connectivity index (χ2n) is 9.42. The van der Waals surface area contributed by atoms with Gasteiger partial charge < -0.3 is 24.8 Å². The summed E-state index contributed by atoms with van der Waals surface area (Å²) in [6.45, 7) is 1.11. The molecular formula is C34H28N2O4. The lowest BCUT2D eigenvalue weighted by molar-refractivity contribution is 0.102. The first-order valence-corrected chi connectivity index (χ1v) is 13.1. The van der Waals surface area contributed by atoms with E-state index in [1.807, 2.05) is 115 Å². The lowest BCUT2D eigenvalue weighted by Crippen LogP contribution is -2.11. The quantitative estimate of drug-likeness (QED) is 0.205. The van der Waals surface area contributed by atoms with Gasteiger partial charge in [-0.1, -0.05) is 97.1 Å². The van der Waals surface area contributed by atoms with Gasteiger partial charge in [-0.05, 0) is 28.8 Å². The molecule has 0 aliphatic carbocycles. The number of para-hydroxylation sites is 1. The number of fused-ring (bicyclic) bond motifs is 2. The molecule has 1 heterocycles. The topological polar surface area (TPSA) is 68.8 Å². The SMILES string of the molecule is O=C1Nc2cc(OCc3ccccc3)cc(OCc3ccccc3)c2Nc2c(OCc3ccccc3)cccc21. The smallest absolute Gasteiger partial charge is 0.257 e. The van der Waals surface area contributed by atoms with Gasteiger partial charge in [0.1, 0.15) is 42.8 Å². The van der Waals surface area contributed by atoms with Crippen molar-refractivity contribution in [2.45, 2.75) is 19.8 Å². The molecule has 0 radical (unpaired) electrons. The summed E-state index contributed by atoms with van der Waals surface area (Å²) in [5, 5.41) is 6.50. The molecule has 6 nitrogen and oxygen atoms in total. The Morgan fingerprint density at radius 1 is 0.500 bits per heavy atom. The van der Waals surface area contributed by atoms with Crippen LogP contribution in [0.5, 0.6) is 17.2 Å². The van der Waals surface area contributed by atoms with E-state index < -0.39 is 0 Å². The predicted octanol–water partition coefficient (Wildman–Crippen LogP) is 7.73. The summed E-state index contributed by atoms with van der Waals surface area (Å²) < 4.78 is 18.6. The monoisotopic (exact) mass is 528 g/mol. The van der Waals surface area contributed by atoms with Crippen LogP contribution in [-0.2, 0) is 19.8 Å². The van der Waals surface area contributed by atoms with Crippen LogP contribution < -0.4 is 24.8 Å². The molecule has 5 aromatic carbocycles. The number of nitrogens with one attached hydrogen (secondary N) is 2. The molecule has 6 heteroatoms. The summed E-state index contributed by atoms with van der Waals surface area (Å²) >= 11 is 0. The minimum atomic E-state index is -0.249. The molecule has 0 bridgehead atoms. The molecule has 0 fully saturated rings. The third kappa shape index (κ3) is 5.76. The van der Waals surface area contributed by atoms with Crippen molar-refractivity contribution < 1.29 is 19.0 Å². The van der Waals surface area contributed by atoms with E-state index in [2.05, 4.69) is 10.6 Å². The highest BCUT2D eigenvalue weighted by molar-refractivity contribution is 6.13. The summed E-state index contributed by atoms with van der Waals surface area (Å²) in [5.41, 5.74) is 5.34. The first kappa shape index (κ1) is 25.1. The Balaban J connectivity index is 1.34. The van der Waals surface area contributed by atoms with E-state index in [1.165, 1.54) is 0 Å². The van der Waals surface area contributed by atoms with Crippen LogP contribution >= 0.6 is 0 Å². The Morgan fingerprint density at radius 2 is 1.05 bits per heavy atom. The molecule has 0 atom stereocenters. The van der Waals surface area contributed by atoms with E-state index in [-0.39, 0.29) is 5.91 Å². The Kier molecular flexibility index (Phi) is 7.31. The van der Waals surface area contributed by atoms with E-state index in [0.717, 1.165) is 16.7 Å². The fourth-order valence-corrected chi connectivity index (χ4v) is 4.51. The first-order valence-electron chi connectivity index (χ1n) is 13.1. The van der Waals surface area contributed by atoms with Crippen LogP contribution in [0.3, 0.4) is 0 Å². The number of benzene rings is 5. The third-order valence-corrected chi connectivity index (χ3v) is 6.57. The van der Waals surface area contributed by atoms with Crippen molar-refractivity contribution in [2.24, 2.45) is 0 Å². The van der Waals surface area contributed by atoms with Gasteiger partial charge in [-0.25, -0.2) is 0 Å². The fraction of sp³-hybridized carbons (Fsp3) is 0.0882. The van der Waals surface area contributed by atoms with E-state index in [1.54, 1.807) is 6.07 Å². The molecule has 198 valence electrons. The second kappa shape index (κ2) is 11.7. The molecule has 6 rings (SSSR count). The lowest BCUT2D eigenvalue weighted by Gasteiger charge is -2.19. The number of hydrogen-bond donors (Lipinski definition) is 2. The molecule has 0 saturated carbocycles. The zero-order valence-corrected chi connectivity index (χ0v) is 21.8. The van der Waals surface area contributed by atoms with Crippen LogP contribution in [0.2, 0.25) is 0 Å². The maximum atomic E-state index is 13.4.